The molecule has 0 amide bonds. The van der Waals surface area contributed by atoms with Gasteiger partial charge in [0.1, 0.15) is 0 Å². The molecule has 0 aromatic rings. The first-order valence-corrected chi connectivity index (χ1v) is 6.35. The van der Waals surface area contributed by atoms with Gasteiger partial charge in [-0.3, -0.25) is 0 Å². The Balaban J connectivity index is 3.75. The fourth-order valence-corrected chi connectivity index (χ4v) is 1.66. The highest BCUT2D eigenvalue weighted by Gasteiger charge is 2.02. The average Bonchev–Trinajstić information content (AvgIpc) is 2.10. The van der Waals surface area contributed by atoms with Gasteiger partial charge in [-0.15, -0.1) is 11.8 Å². The highest BCUT2D eigenvalue weighted by Crippen LogP contribution is 2.12. The molecular weight excluding hydrogens is 271 g/mol. The molecule has 0 saturated carbocycles. The van der Waals surface area contributed by atoms with Crippen molar-refractivity contribution in [2.24, 2.45) is 11.8 Å². The molecule has 0 saturated heterocycles. The third-order valence-electron chi connectivity index (χ3n) is 1.78. The Morgan fingerprint density at radius 2 is 2.08 bits per heavy atom. The Morgan fingerprint density at radius 3 is 2.54 bits per heavy atom. The molecular formula is C12H19I. The van der Waals surface area contributed by atoms with Gasteiger partial charge in [-0.2, -0.15) is 0 Å². The molecule has 74 valence electrons. The van der Waals surface area contributed by atoms with Crippen LogP contribution < -0.4 is 0 Å². The molecule has 0 nitrogen and oxygen atoms in total. The molecule has 0 unspecified atom stereocenters. The Kier molecular flexibility index (Phi) is 8.64. The minimum atomic E-state index is 0.673. The molecule has 13 heavy (non-hydrogen) atoms. The molecule has 1 heteroatoms. The summed E-state index contributed by atoms with van der Waals surface area (Å²) in [6.07, 6.45) is 6.79. The minimum absolute atomic E-state index is 0.673. The van der Waals surface area contributed by atoms with Crippen LogP contribution in [0.1, 0.15) is 33.6 Å². The van der Waals surface area contributed by atoms with Crippen molar-refractivity contribution in [1.29, 1.82) is 0 Å². The first kappa shape index (κ1) is 13.0. The minimum Gasteiger partial charge on any atom is -0.107 e. The smallest absolute Gasteiger partial charge is 0.0127 e. The lowest BCUT2D eigenvalue weighted by Gasteiger charge is -2.06. The van der Waals surface area contributed by atoms with Gasteiger partial charge in [-0.25, -0.2) is 0 Å². The predicted molar refractivity (Wildman–Crippen MR) is 69.0 cm³/mol. The molecule has 0 aliphatic carbocycles. The zero-order valence-electron chi connectivity index (χ0n) is 8.81. The lowest BCUT2D eigenvalue weighted by molar-refractivity contribution is 0.629. The van der Waals surface area contributed by atoms with E-state index in [1.54, 1.807) is 0 Å². The van der Waals surface area contributed by atoms with E-state index in [-0.39, 0.29) is 0 Å². The summed E-state index contributed by atoms with van der Waals surface area (Å²) in [5, 5.41) is 0. The van der Waals surface area contributed by atoms with Gasteiger partial charge in [0.15, 0.2) is 0 Å². The van der Waals surface area contributed by atoms with Crippen LogP contribution in [0.25, 0.3) is 0 Å². The average molecular weight is 290 g/mol. The molecule has 0 bridgehead atoms. The van der Waals surface area contributed by atoms with Crippen LogP contribution in [0, 0.1) is 23.7 Å². The van der Waals surface area contributed by atoms with Crippen molar-refractivity contribution < 1.29 is 0 Å². The number of hydrogen-bond acceptors (Lipinski definition) is 0. The van der Waals surface area contributed by atoms with Crippen molar-refractivity contribution >= 4 is 22.6 Å². The number of allylic oxidation sites excluding steroid dienone is 2. The molecule has 0 aromatic heterocycles. The SMILES string of the molecule is CC#CC[C@@H](CI)C/C=C/C(C)C. The fourth-order valence-electron chi connectivity index (χ4n) is 0.990. The van der Waals surface area contributed by atoms with Crippen LogP contribution in [-0.4, -0.2) is 4.43 Å². The van der Waals surface area contributed by atoms with E-state index in [1.807, 2.05) is 6.92 Å². The van der Waals surface area contributed by atoms with Crippen LogP contribution in [0.2, 0.25) is 0 Å². The number of halogens is 1. The second-order valence-corrected chi connectivity index (χ2v) is 4.44. The second-order valence-electron chi connectivity index (χ2n) is 3.56. The van der Waals surface area contributed by atoms with Crippen molar-refractivity contribution in [1.82, 2.24) is 0 Å². The normalized spacial score (nSPS) is 13.0. The molecule has 0 aromatic carbocycles. The zero-order chi connectivity index (χ0) is 10.1. The summed E-state index contributed by atoms with van der Waals surface area (Å²) < 4.78 is 1.20. The maximum Gasteiger partial charge on any atom is 0.0127 e. The van der Waals surface area contributed by atoms with Crippen LogP contribution in [0.4, 0.5) is 0 Å². The van der Waals surface area contributed by atoms with E-state index in [2.05, 4.69) is 60.4 Å². The maximum atomic E-state index is 3.15. The molecule has 0 N–H and O–H groups in total. The Morgan fingerprint density at radius 1 is 1.38 bits per heavy atom. The van der Waals surface area contributed by atoms with Crippen LogP contribution >= 0.6 is 22.6 Å². The van der Waals surface area contributed by atoms with Crippen LogP contribution in [0.3, 0.4) is 0 Å². The third kappa shape index (κ3) is 8.36. The Labute approximate surface area is 96.3 Å². The van der Waals surface area contributed by atoms with E-state index < -0.39 is 0 Å². The van der Waals surface area contributed by atoms with E-state index in [1.165, 1.54) is 10.8 Å². The summed E-state index contributed by atoms with van der Waals surface area (Å²) in [7, 11) is 0. The van der Waals surface area contributed by atoms with Gasteiger partial charge in [0, 0.05) is 10.8 Å². The monoisotopic (exact) mass is 290 g/mol. The summed E-state index contributed by atoms with van der Waals surface area (Å²) in [5.41, 5.74) is 0. The van der Waals surface area contributed by atoms with Crippen molar-refractivity contribution in [3.63, 3.8) is 0 Å². The highest BCUT2D eigenvalue weighted by atomic mass is 127. The quantitative estimate of drug-likeness (QED) is 0.310. The lowest BCUT2D eigenvalue weighted by Crippen LogP contribution is -1.98. The zero-order valence-corrected chi connectivity index (χ0v) is 11.0. The first-order chi connectivity index (χ1) is 6.20. The predicted octanol–water partition coefficient (Wildman–Crippen LogP) is 4.05. The van der Waals surface area contributed by atoms with Crippen molar-refractivity contribution in [3.8, 4) is 11.8 Å². The second kappa shape index (κ2) is 8.62. The first-order valence-electron chi connectivity index (χ1n) is 4.83. The van der Waals surface area contributed by atoms with Crippen molar-refractivity contribution in [3.05, 3.63) is 12.2 Å². The fraction of sp³-hybridized carbons (Fsp3) is 0.667. The van der Waals surface area contributed by atoms with E-state index in [9.17, 15) is 0 Å². The van der Waals surface area contributed by atoms with Crippen molar-refractivity contribution in [2.45, 2.75) is 33.6 Å². The molecule has 0 radical (unpaired) electrons. The topological polar surface area (TPSA) is 0 Å². The summed E-state index contributed by atoms with van der Waals surface area (Å²) in [4.78, 5) is 0. The van der Waals surface area contributed by atoms with Crippen LogP contribution in [-0.2, 0) is 0 Å². The molecule has 0 aliphatic rings. The molecule has 0 heterocycles. The molecule has 0 fully saturated rings. The van der Waals surface area contributed by atoms with E-state index >= 15 is 0 Å². The molecule has 0 rings (SSSR count). The Bertz CT molecular complexity index is 193. The van der Waals surface area contributed by atoms with Crippen molar-refractivity contribution in [2.75, 3.05) is 4.43 Å². The van der Waals surface area contributed by atoms with Gasteiger partial charge < -0.3 is 0 Å². The highest BCUT2D eigenvalue weighted by molar-refractivity contribution is 14.1. The van der Waals surface area contributed by atoms with Gasteiger partial charge >= 0.3 is 0 Å². The van der Waals surface area contributed by atoms with Gasteiger partial charge in [0.2, 0.25) is 0 Å². The number of alkyl halides is 1. The van der Waals surface area contributed by atoms with Gasteiger partial charge in [0.25, 0.3) is 0 Å². The third-order valence-corrected chi connectivity index (χ3v) is 3.02. The molecule has 1 atom stereocenters. The standard InChI is InChI=1S/C12H19I/c1-4-5-8-12(10-13)9-6-7-11(2)3/h6-7,11-12H,8-10H2,1-3H3/b7-6+/t12-/m1/s1. The van der Waals surface area contributed by atoms with E-state index in [4.69, 9.17) is 0 Å². The summed E-state index contributed by atoms with van der Waals surface area (Å²) in [5.74, 6) is 7.52. The van der Waals surface area contributed by atoms with Gasteiger partial charge in [0.05, 0.1) is 0 Å². The number of hydrogen-bond donors (Lipinski definition) is 0. The molecule has 0 aliphatic heterocycles. The summed E-state index contributed by atoms with van der Waals surface area (Å²) in [6.45, 7) is 6.33. The van der Waals surface area contributed by atoms with E-state index in [0.717, 1.165) is 12.3 Å². The largest absolute Gasteiger partial charge is 0.107 e. The van der Waals surface area contributed by atoms with Crippen LogP contribution in [0.15, 0.2) is 12.2 Å². The summed E-state index contributed by atoms with van der Waals surface area (Å²) in [6, 6.07) is 0. The van der Waals surface area contributed by atoms with Gasteiger partial charge in [-0.1, -0.05) is 48.6 Å². The maximum absolute atomic E-state index is 3.15. The Hall–Kier alpha value is 0.0300. The lowest BCUT2D eigenvalue weighted by atomic mass is 10.0. The van der Waals surface area contributed by atoms with Crippen LogP contribution in [0.5, 0.6) is 0 Å². The van der Waals surface area contributed by atoms with E-state index in [0.29, 0.717) is 5.92 Å². The summed E-state index contributed by atoms with van der Waals surface area (Å²) >= 11 is 2.44. The number of rotatable bonds is 5. The van der Waals surface area contributed by atoms with Gasteiger partial charge in [-0.05, 0) is 25.2 Å². The molecule has 0 spiro atoms.